The molecule has 0 atom stereocenters. The molecule has 12 rings (SSSR count). The number of fused-ring (bicyclic) bond motifs is 10. The molecule has 0 radical (unpaired) electrons. The Labute approximate surface area is 338 Å². The summed E-state index contributed by atoms with van der Waals surface area (Å²) in [7, 11) is 0. The zero-order chi connectivity index (χ0) is 38.2. The number of thiophene rings is 1. The molecule has 0 amide bonds. The molecule has 0 saturated heterocycles. The summed E-state index contributed by atoms with van der Waals surface area (Å²) in [5.41, 5.74) is 13.6. The molecule has 8 aromatic carbocycles. The highest BCUT2D eigenvalue weighted by Gasteiger charge is 2.21. The van der Waals surface area contributed by atoms with Crippen LogP contribution in [0, 0.1) is 0 Å². The van der Waals surface area contributed by atoms with E-state index in [1.165, 1.54) is 64.1 Å². The molecule has 4 nitrogen and oxygen atoms in total. The molecule has 1 aliphatic carbocycles. The van der Waals surface area contributed by atoms with E-state index in [4.69, 9.17) is 19.9 Å². The van der Waals surface area contributed by atoms with Crippen LogP contribution in [0.1, 0.15) is 11.1 Å². The van der Waals surface area contributed by atoms with Crippen molar-refractivity contribution in [3.8, 4) is 67.7 Å². The Hall–Kier alpha value is -7.34. The third kappa shape index (κ3) is 5.28. The highest BCUT2D eigenvalue weighted by Crippen LogP contribution is 2.46. The van der Waals surface area contributed by atoms with E-state index in [1.54, 1.807) is 0 Å². The van der Waals surface area contributed by atoms with E-state index >= 15 is 0 Å². The SMILES string of the molecule is c1ccc(-c2nc(-c3cccc(-c4cccc5c4sc4c5ccc5c(-c6ccccc6)nc6ccccc6c54)c3)nc(-c3ccc4c(c3)Cc3ccccc3-4)n2)cc1. The monoisotopic (exact) mass is 756 g/mol. The summed E-state index contributed by atoms with van der Waals surface area (Å²) in [6, 6.07) is 64.5. The third-order valence-corrected chi connectivity index (χ3v) is 12.8. The maximum Gasteiger partial charge on any atom is 0.164 e. The largest absolute Gasteiger partial charge is 0.247 e. The van der Waals surface area contributed by atoms with E-state index in [1.807, 2.05) is 29.5 Å². The highest BCUT2D eigenvalue weighted by atomic mass is 32.1. The summed E-state index contributed by atoms with van der Waals surface area (Å²) in [5, 5.41) is 6.10. The van der Waals surface area contributed by atoms with Crippen LogP contribution in [-0.4, -0.2) is 19.9 Å². The summed E-state index contributed by atoms with van der Waals surface area (Å²) in [6.45, 7) is 0. The lowest BCUT2D eigenvalue weighted by Gasteiger charge is -2.11. The van der Waals surface area contributed by atoms with Gasteiger partial charge >= 0.3 is 0 Å². The van der Waals surface area contributed by atoms with Gasteiger partial charge in [-0.2, -0.15) is 0 Å². The van der Waals surface area contributed by atoms with Gasteiger partial charge in [0.05, 0.1) is 11.2 Å². The summed E-state index contributed by atoms with van der Waals surface area (Å²) in [6.07, 6.45) is 0.908. The lowest BCUT2D eigenvalue weighted by molar-refractivity contribution is 1.07. The molecular formula is C53H32N4S. The van der Waals surface area contributed by atoms with Crippen LogP contribution in [0.4, 0.5) is 0 Å². The average Bonchev–Trinajstić information content (AvgIpc) is 3.87. The molecule has 270 valence electrons. The van der Waals surface area contributed by atoms with Crippen molar-refractivity contribution in [2.45, 2.75) is 6.42 Å². The second-order valence-corrected chi connectivity index (χ2v) is 16.0. The molecule has 11 aromatic rings. The fourth-order valence-corrected chi connectivity index (χ4v) is 10.2. The molecule has 0 saturated carbocycles. The van der Waals surface area contributed by atoms with Crippen molar-refractivity contribution in [1.82, 2.24) is 19.9 Å². The number of para-hydroxylation sites is 1. The standard InChI is InChI=1S/C53H32N4S/c1-3-13-32(14-4-1)48-45-28-27-43-42-23-12-22-41(49(42)58-50(43)47(45)44-21-9-10-24-46(44)54-48)35-18-11-19-36(29-35)52-55-51(33-15-5-2-6-16-33)56-53(57-52)37-25-26-40-38(31-37)30-34-17-7-8-20-39(34)40/h1-29,31H,30H2. The van der Waals surface area contributed by atoms with Gasteiger partial charge in [0, 0.05) is 58.6 Å². The molecule has 0 aliphatic heterocycles. The van der Waals surface area contributed by atoms with Gasteiger partial charge in [-0.05, 0) is 58.0 Å². The topological polar surface area (TPSA) is 51.6 Å². The van der Waals surface area contributed by atoms with Crippen LogP contribution in [0.3, 0.4) is 0 Å². The van der Waals surface area contributed by atoms with E-state index in [2.05, 4.69) is 164 Å². The van der Waals surface area contributed by atoms with Crippen molar-refractivity contribution in [2.24, 2.45) is 0 Å². The maximum absolute atomic E-state index is 5.20. The number of hydrogen-bond donors (Lipinski definition) is 0. The maximum atomic E-state index is 5.20. The van der Waals surface area contributed by atoms with Crippen LogP contribution in [0.5, 0.6) is 0 Å². The lowest BCUT2D eigenvalue weighted by Crippen LogP contribution is -2.00. The normalized spacial score (nSPS) is 12.1. The Kier molecular flexibility index (Phi) is 7.43. The fourth-order valence-electron chi connectivity index (χ4n) is 8.79. The Morgan fingerprint density at radius 3 is 1.78 bits per heavy atom. The van der Waals surface area contributed by atoms with Crippen molar-refractivity contribution >= 4 is 53.2 Å². The first-order valence-corrected chi connectivity index (χ1v) is 20.4. The Balaban J connectivity index is 1.02. The first-order chi connectivity index (χ1) is 28.7. The molecule has 3 aromatic heterocycles. The number of pyridine rings is 1. The summed E-state index contributed by atoms with van der Waals surface area (Å²) >= 11 is 1.87. The molecule has 3 heterocycles. The van der Waals surface area contributed by atoms with Gasteiger partial charge in [0.25, 0.3) is 0 Å². The van der Waals surface area contributed by atoms with E-state index in [9.17, 15) is 0 Å². The molecule has 1 aliphatic rings. The first-order valence-electron chi connectivity index (χ1n) is 19.6. The zero-order valence-electron chi connectivity index (χ0n) is 31.2. The van der Waals surface area contributed by atoms with Gasteiger partial charge < -0.3 is 0 Å². The van der Waals surface area contributed by atoms with Crippen LogP contribution in [0.25, 0.3) is 110 Å². The van der Waals surface area contributed by atoms with E-state index in [0.717, 1.165) is 45.4 Å². The van der Waals surface area contributed by atoms with Gasteiger partial charge in [-0.3, -0.25) is 0 Å². The third-order valence-electron chi connectivity index (χ3n) is 11.5. The fraction of sp³-hybridized carbons (Fsp3) is 0.0189. The van der Waals surface area contributed by atoms with E-state index in [-0.39, 0.29) is 0 Å². The smallest absolute Gasteiger partial charge is 0.164 e. The number of rotatable bonds is 5. The average molecular weight is 757 g/mol. The van der Waals surface area contributed by atoms with Crippen molar-refractivity contribution < 1.29 is 0 Å². The summed E-state index contributed by atoms with van der Waals surface area (Å²) in [5.74, 6) is 1.98. The predicted molar refractivity (Wildman–Crippen MR) is 241 cm³/mol. The lowest BCUT2D eigenvalue weighted by atomic mass is 9.97. The minimum absolute atomic E-state index is 0.649. The van der Waals surface area contributed by atoms with Gasteiger partial charge in [0.15, 0.2) is 17.5 Å². The molecule has 0 N–H and O–H groups in total. The molecule has 0 unspecified atom stereocenters. The second kappa shape index (κ2) is 13.1. The predicted octanol–water partition coefficient (Wildman–Crippen LogP) is 13.8. The van der Waals surface area contributed by atoms with Crippen LogP contribution in [-0.2, 0) is 6.42 Å². The van der Waals surface area contributed by atoms with Gasteiger partial charge in [-0.15, -0.1) is 11.3 Å². The number of benzene rings is 8. The van der Waals surface area contributed by atoms with Crippen molar-refractivity contribution in [3.63, 3.8) is 0 Å². The van der Waals surface area contributed by atoms with Gasteiger partial charge in [-0.25, -0.2) is 19.9 Å². The first kappa shape index (κ1) is 32.9. The molecular weight excluding hydrogens is 725 g/mol. The van der Waals surface area contributed by atoms with Crippen molar-refractivity contribution in [3.05, 3.63) is 193 Å². The molecule has 0 fully saturated rings. The van der Waals surface area contributed by atoms with Gasteiger partial charge in [-0.1, -0.05) is 164 Å². The van der Waals surface area contributed by atoms with Gasteiger partial charge in [0.1, 0.15) is 0 Å². The molecule has 58 heavy (non-hydrogen) atoms. The Morgan fingerprint density at radius 2 is 0.931 bits per heavy atom. The van der Waals surface area contributed by atoms with Gasteiger partial charge in [0.2, 0.25) is 0 Å². The van der Waals surface area contributed by atoms with Crippen LogP contribution in [0.15, 0.2) is 182 Å². The minimum atomic E-state index is 0.649. The van der Waals surface area contributed by atoms with Crippen LogP contribution >= 0.6 is 11.3 Å². The Morgan fingerprint density at radius 1 is 0.345 bits per heavy atom. The minimum Gasteiger partial charge on any atom is -0.247 e. The summed E-state index contributed by atoms with van der Waals surface area (Å²) < 4.78 is 2.53. The molecule has 5 heteroatoms. The van der Waals surface area contributed by atoms with Crippen molar-refractivity contribution in [1.29, 1.82) is 0 Å². The number of aromatic nitrogens is 4. The van der Waals surface area contributed by atoms with Crippen LogP contribution in [0.2, 0.25) is 0 Å². The van der Waals surface area contributed by atoms with E-state index < -0.39 is 0 Å². The van der Waals surface area contributed by atoms with E-state index in [0.29, 0.717) is 17.5 Å². The highest BCUT2D eigenvalue weighted by molar-refractivity contribution is 7.27. The molecule has 0 bridgehead atoms. The quantitative estimate of drug-likeness (QED) is 0.164. The number of hydrogen-bond acceptors (Lipinski definition) is 5. The zero-order valence-corrected chi connectivity index (χ0v) is 32.0. The summed E-state index contributed by atoms with van der Waals surface area (Å²) in [4.78, 5) is 20.6. The Bertz CT molecular complexity index is 3430. The molecule has 0 spiro atoms. The number of nitrogens with zero attached hydrogens (tertiary/aromatic N) is 4. The van der Waals surface area contributed by atoms with Crippen molar-refractivity contribution in [2.75, 3.05) is 0 Å². The second-order valence-electron chi connectivity index (χ2n) is 15.0. The van der Waals surface area contributed by atoms with Crippen LogP contribution < -0.4 is 0 Å².